The van der Waals surface area contributed by atoms with E-state index in [1.807, 2.05) is 28.9 Å². The van der Waals surface area contributed by atoms with Gasteiger partial charge in [-0.1, -0.05) is 66.2 Å². The average molecular weight is 484 g/mol. The second-order valence-corrected chi connectivity index (χ2v) is 8.89. The van der Waals surface area contributed by atoms with E-state index in [0.717, 1.165) is 17.5 Å². The molecular formula is C28H29N5O3. The van der Waals surface area contributed by atoms with Crippen molar-refractivity contribution in [3.05, 3.63) is 95.1 Å². The molecule has 1 aliphatic rings. The Labute approximate surface area is 210 Å². The molecule has 0 radical (unpaired) electrons. The smallest absolute Gasteiger partial charge is 0.250 e. The fourth-order valence-corrected chi connectivity index (χ4v) is 4.55. The van der Waals surface area contributed by atoms with Crippen LogP contribution in [0.4, 0.5) is 11.9 Å². The zero-order chi connectivity index (χ0) is 25.1. The summed E-state index contributed by atoms with van der Waals surface area (Å²) in [5, 5.41) is 11.0. The molecule has 0 fully saturated rings. The first-order valence-electron chi connectivity index (χ1n) is 11.9. The number of carbonyl (C=O) groups is 1. The minimum absolute atomic E-state index is 0.0160. The highest BCUT2D eigenvalue weighted by molar-refractivity contribution is 5.90. The number of hydrogen-bond acceptors (Lipinski definition) is 6. The van der Waals surface area contributed by atoms with Gasteiger partial charge in [-0.2, -0.15) is 4.98 Å². The Morgan fingerprint density at radius 3 is 2.47 bits per heavy atom. The van der Waals surface area contributed by atoms with E-state index >= 15 is 0 Å². The molecule has 184 valence electrons. The fraction of sp³-hybridized carbons (Fsp3) is 0.250. The molecular weight excluding hydrogens is 454 g/mol. The van der Waals surface area contributed by atoms with Crippen LogP contribution in [0.2, 0.25) is 0 Å². The van der Waals surface area contributed by atoms with Crippen molar-refractivity contribution in [2.24, 2.45) is 0 Å². The van der Waals surface area contributed by atoms with E-state index in [1.54, 1.807) is 26.4 Å². The Kier molecular flexibility index (Phi) is 6.58. The highest BCUT2D eigenvalue weighted by atomic mass is 16.5. The van der Waals surface area contributed by atoms with Gasteiger partial charge in [-0.05, 0) is 42.2 Å². The first-order chi connectivity index (χ1) is 17.5. The van der Waals surface area contributed by atoms with Gasteiger partial charge in [0, 0.05) is 0 Å². The van der Waals surface area contributed by atoms with Crippen LogP contribution in [0.1, 0.15) is 40.8 Å². The highest BCUT2D eigenvalue weighted by Crippen LogP contribution is 2.38. The van der Waals surface area contributed by atoms with Crippen molar-refractivity contribution in [3.63, 3.8) is 0 Å². The molecule has 0 saturated heterocycles. The second kappa shape index (κ2) is 10.1. The van der Waals surface area contributed by atoms with E-state index in [9.17, 15) is 4.79 Å². The molecule has 0 spiro atoms. The number of amides is 1. The van der Waals surface area contributed by atoms with Crippen molar-refractivity contribution >= 4 is 17.8 Å². The van der Waals surface area contributed by atoms with Gasteiger partial charge in [-0.25, -0.2) is 4.68 Å². The lowest BCUT2D eigenvalue weighted by Crippen LogP contribution is -2.28. The Morgan fingerprint density at radius 2 is 1.75 bits per heavy atom. The average Bonchev–Trinajstić information content (AvgIpc) is 3.31. The van der Waals surface area contributed by atoms with Crippen molar-refractivity contribution in [1.82, 2.24) is 14.8 Å². The van der Waals surface area contributed by atoms with E-state index in [2.05, 4.69) is 64.0 Å². The minimum atomic E-state index is -0.212. The molecule has 2 atom stereocenters. The molecule has 3 aromatic carbocycles. The van der Waals surface area contributed by atoms with Crippen LogP contribution in [-0.2, 0) is 11.2 Å². The molecule has 2 unspecified atom stereocenters. The number of nitrogens with zero attached hydrogens (tertiary/aromatic N) is 3. The Balaban J connectivity index is 1.38. The van der Waals surface area contributed by atoms with Crippen LogP contribution < -0.4 is 20.1 Å². The maximum Gasteiger partial charge on any atom is 0.250 e. The third-order valence-corrected chi connectivity index (χ3v) is 6.42. The van der Waals surface area contributed by atoms with Crippen LogP contribution in [0.15, 0.2) is 72.8 Å². The third-order valence-electron chi connectivity index (χ3n) is 6.42. The van der Waals surface area contributed by atoms with E-state index in [4.69, 9.17) is 9.47 Å². The predicted octanol–water partition coefficient (Wildman–Crippen LogP) is 4.93. The van der Waals surface area contributed by atoms with Crippen LogP contribution >= 0.6 is 0 Å². The van der Waals surface area contributed by atoms with Gasteiger partial charge in [-0.3, -0.25) is 10.1 Å². The Hall–Kier alpha value is -4.33. The molecule has 1 amide bonds. The maximum absolute atomic E-state index is 12.8. The van der Waals surface area contributed by atoms with Gasteiger partial charge in [0.2, 0.25) is 11.9 Å². The molecule has 0 aliphatic carbocycles. The number of hydrogen-bond donors (Lipinski definition) is 2. The normalized spacial score (nSPS) is 16.5. The van der Waals surface area contributed by atoms with Crippen LogP contribution in [0.5, 0.6) is 11.5 Å². The van der Waals surface area contributed by atoms with E-state index < -0.39 is 0 Å². The van der Waals surface area contributed by atoms with Crippen LogP contribution in [0.3, 0.4) is 0 Å². The van der Waals surface area contributed by atoms with Crippen molar-refractivity contribution in [2.45, 2.75) is 31.8 Å². The predicted molar refractivity (Wildman–Crippen MR) is 139 cm³/mol. The van der Waals surface area contributed by atoms with Crippen molar-refractivity contribution in [3.8, 4) is 11.5 Å². The molecule has 0 saturated carbocycles. The lowest BCUT2D eigenvalue weighted by Gasteiger charge is -2.31. The van der Waals surface area contributed by atoms with Gasteiger partial charge in [0.15, 0.2) is 11.5 Å². The molecule has 5 rings (SSSR count). The molecule has 8 nitrogen and oxygen atoms in total. The summed E-state index contributed by atoms with van der Waals surface area (Å²) in [5.74, 6) is 1.88. The molecule has 1 aliphatic heterocycles. The van der Waals surface area contributed by atoms with E-state index in [-0.39, 0.29) is 30.4 Å². The molecule has 2 heterocycles. The number of rotatable bonds is 7. The van der Waals surface area contributed by atoms with Gasteiger partial charge in [-0.15, -0.1) is 5.10 Å². The molecule has 1 aromatic heterocycles. The van der Waals surface area contributed by atoms with Crippen molar-refractivity contribution < 1.29 is 14.3 Å². The summed E-state index contributed by atoms with van der Waals surface area (Å²) in [5.41, 5.74) is 4.35. The topological polar surface area (TPSA) is 90.3 Å². The van der Waals surface area contributed by atoms with Gasteiger partial charge in [0.05, 0.1) is 32.7 Å². The van der Waals surface area contributed by atoms with E-state index in [0.29, 0.717) is 17.4 Å². The number of methoxy groups -OCH3 is 2. The quantitative estimate of drug-likeness (QED) is 0.387. The number of carbonyl (C=O) groups excluding carboxylic acids is 1. The van der Waals surface area contributed by atoms with Gasteiger partial charge in [0.1, 0.15) is 0 Å². The maximum atomic E-state index is 12.8. The number of anilines is 2. The molecule has 4 aromatic rings. The van der Waals surface area contributed by atoms with Crippen LogP contribution in [0.25, 0.3) is 0 Å². The zero-order valence-electron chi connectivity index (χ0n) is 20.6. The summed E-state index contributed by atoms with van der Waals surface area (Å²) in [4.78, 5) is 17.5. The monoisotopic (exact) mass is 483 g/mol. The molecule has 36 heavy (non-hydrogen) atoms. The fourth-order valence-electron chi connectivity index (χ4n) is 4.55. The van der Waals surface area contributed by atoms with Gasteiger partial charge >= 0.3 is 0 Å². The summed E-state index contributed by atoms with van der Waals surface area (Å²) in [7, 11) is 3.15. The first-order valence-corrected chi connectivity index (χ1v) is 11.9. The first kappa shape index (κ1) is 23.4. The summed E-state index contributed by atoms with van der Waals surface area (Å²) in [6.07, 6.45) is 0.966. The summed E-state index contributed by atoms with van der Waals surface area (Å²) >= 11 is 0. The number of aryl methyl sites for hydroxylation is 1. The van der Waals surface area contributed by atoms with Crippen molar-refractivity contribution in [2.75, 3.05) is 24.9 Å². The van der Waals surface area contributed by atoms with Crippen molar-refractivity contribution in [1.29, 1.82) is 0 Å². The second-order valence-electron chi connectivity index (χ2n) is 8.89. The van der Waals surface area contributed by atoms with Crippen LogP contribution in [-0.4, -0.2) is 34.9 Å². The molecule has 8 heteroatoms. The summed E-state index contributed by atoms with van der Waals surface area (Å²) in [6.45, 7) is 2.08. The SMILES string of the molecule is COc1ccc(CC(=O)Nc2nc3n(n2)C(c2ccccc2)CC(c2ccc(C)cc2)N3)cc1OC. The largest absolute Gasteiger partial charge is 0.493 e. The summed E-state index contributed by atoms with van der Waals surface area (Å²) in [6, 6.07) is 24.3. The highest BCUT2D eigenvalue weighted by Gasteiger charge is 2.31. The lowest BCUT2D eigenvalue weighted by atomic mass is 9.93. The third kappa shape index (κ3) is 4.88. The lowest BCUT2D eigenvalue weighted by molar-refractivity contribution is -0.115. The number of fused-ring (bicyclic) bond motifs is 1. The van der Waals surface area contributed by atoms with E-state index in [1.165, 1.54) is 11.1 Å². The van der Waals surface area contributed by atoms with Crippen LogP contribution in [0, 0.1) is 6.92 Å². The number of ether oxygens (including phenoxy) is 2. The number of aromatic nitrogens is 3. The molecule has 0 bridgehead atoms. The zero-order valence-corrected chi connectivity index (χ0v) is 20.6. The Morgan fingerprint density at radius 1 is 1.00 bits per heavy atom. The number of nitrogens with one attached hydrogen (secondary N) is 2. The van der Waals surface area contributed by atoms with Gasteiger partial charge in [0.25, 0.3) is 5.95 Å². The summed E-state index contributed by atoms with van der Waals surface area (Å²) < 4.78 is 12.5. The molecule has 2 N–H and O–H groups in total. The van der Waals surface area contributed by atoms with Gasteiger partial charge < -0.3 is 14.8 Å². The Bertz CT molecular complexity index is 1350. The minimum Gasteiger partial charge on any atom is -0.493 e. The standard InChI is InChI=1S/C28H29N5O3/c1-18-9-12-20(13-10-18)22-17-23(21-7-5-4-6-8-21)33-28(29-22)31-27(32-33)30-26(34)16-19-11-14-24(35-2)25(15-19)36-3/h4-15,22-23H,16-17H2,1-3H3,(H2,29,30,31,32,34). The number of benzene rings is 3.